The quantitative estimate of drug-likeness (QED) is 0.448. The molecule has 3 aliphatic rings. The van der Waals surface area contributed by atoms with Gasteiger partial charge in [-0.15, -0.1) is 0 Å². The Morgan fingerprint density at radius 1 is 0.947 bits per heavy atom. The Morgan fingerprint density at radius 3 is 1.92 bits per heavy atom. The van der Waals surface area contributed by atoms with Crippen molar-refractivity contribution in [2.75, 3.05) is 13.1 Å². The first-order chi connectivity index (χ1) is 17.1. The number of carboxylic acid groups (broad SMARTS) is 1. The van der Waals surface area contributed by atoms with Gasteiger partial charge in [-0.3, -0.25) is 19.3 Å². The number of carboxylic acids is 1. The minimum atomic E-state index is -1.03. The first-order valence-corrected chi connectivity index (χ1v) is 13.5. The lowest BCUT2D eigenvalue weighted by atomic mass is 9.80. The number of nitrogens with one attached hydrogen (secondary N) is 2. The zero-order valence-electron chi connectivity index (χ0n) is 24.6. The number of imide groups is 1. The molecule has 3 fully saturated rings. The van der Waals surface area contributed by atoms with Crippen LogP contribution in [-0.2, 0) is 19.2 Å². The molecule has 2 heterocycles. The van der Waals surface area contributed by atoms with Gasteiger partial charge < -0.3 is 20.6 Å². The summed E-state index contributed by atoms with van der Waals surface area (Å²) in [6.07, 6.45) is 0.504. The summed E-state index contributed by atoms with van der Waals surface area (Å²) in [4.78, 5) is 67.2. The molecule has 1 aliphatic carbocycles. The van der Waals surface area contributed by atoms with Crippen LogP contribution in [0.5, 0.6) is 0 Å². The average Bonchev–Trinajstić information content (AvgIpc) is 3.06. The normalized spacial score (nSPS) is 27.9. The van der Waals surface area contributed by atoms with Crippen molar-refractivity contribution in [2.45, 2.75) is 100 Å². The Hall–Kier alpha value is -2.65. The number of fused-ring (bicyclic) bond motifs is 1. The van der Waals surface area contributed by atoms with Crippen LogP contribution in [0.25, 0.3) is 0 Å². The van der Waals surface area contributed by atoms with Gasteiger partial charge in [0.05, 0.1) is 6.04 Å². The van der Waals surface area contributed by atoms with Gasteiger partial charge in [0.25, 0.3) is 0 Å². The fraction of sp³-hybridized carbons (Fsp3) is 0.821. The molecule has 2 aliphatic heterocycles. The van der Waals surface area contributed by atoms with E-state index in [1.54, 1.807) is 0 Å². The van der Waals surface area contributed by atoms with Crippen LogP contribution in [0.15, 0.2) is 0 Å². The minimum absolute atomic E-state index is 0.0322. The highest BCUT2D eigenvalue weighted by atomic mass is 16.4. The molecule has 10 nitrogen and oxygen atoms in total. The SMILES string of the molecule is CC1(C)CC(=O)N(C[C@@H](NC(=O)N[C@H](C(=O)N2C[C@H]3[C@@H]([C@H]2C(=O)O)C3(C)C)C(C)(C)C)C(C)(C)C)C(=O)C1. The van der Waals surface area contributed by atoms with Gasteiger partial charge in [0, 0.05) is 31.8 Å². The van der Waals surface area contributed by atoms with Gasteiger partial charge in [0.15, 0.2) is 0 Å². The number of piperidine rings is 2. The van der Waals surface area contributed by atoms with Crippen molar-refractivity contribution in [1.82, 2.24) is 20.4 Å². The lowest BCUT2D eigenvalue weighted by molar-refractivity contribution is -0.153. The van der Waals surface area contributed by atoms with E-state index in [4.69, 9.17) is 0 Å². The standard InChI is InChI=1S/C28H46N4O6/c1-25(2,3)16(14-31-17(33)11-27(7,8)12-18(31)34)29-24(38)30-21(26(4,5)6)22(35)32-13-15-19(28(15,9)10)20(32)23(36)37/h15-16,19-21H,11-14H2,1-10H3,(H,36,37)(H2,29,30,38)/t15-,16+,19-,20-,21+/m0/s1. The first-order valence-electron chi connectivity index (χ1n) is 13.5. The van der Waals surface area contributed by atoms with Crippen LogP contribution in [0.1, 0.15) is 82.1 Å². The lowest BCUT2D eigenvalue weighted by Crippen LogP contribution is -2.62. The third-order valence-electron chi connectivity index (χ3n) is 8.71. The van der Waals surface area contributed by atoms with Crippen molar-refractivity contribution in [2.24, 2.45) is 33.5 Å². The maximum Gasteiger partial charge on any atom is 0.326 e. The molecular weight excluding hydrogens is 488 g/mol. The van der Waals surface area contributed by atoms with E-state index in [0.29, 0.717) is 6.54 Å². The van der Waals surface area contributed by atoms with Gasteiger partial charge in [-0.25, -0.2) is 9.59 Å². The van der Waals surface area contributed by atoms with Gasteiger partial charge >= 0.3 is 12.0 Å². The molecule has 0 spiro atoms. The third kappa shape index (κ3) is 5.83. The second kappa shape index (κ2) is 9.52. The molecule has 3 N–H and O–H groups in total. The number of rotatable bonds is 6. The van der Waals surface area contributed by atoms with Gasteiger partial charge in [0.2, 0.25) is 17.7 Å². The van der Waals surface area contributed by atoms with Crippen molar-refractivity contribution in [1.29, 1.82) is 0 Å². The Bertz CT molecular complexity index is 1000. The predicted molar refractivity (Wildman–Crippen MR) is 142 cm³/mol. The van der Waals surface area contributed by atoms with Crippen LogP contribution >= 0.6 is 0 Å². The van der Waals surface area contributed by atoms with Crippen molar-refractivity contribution < 1.29 is 29.1 Å². The van der Waals surface area contributed by atoms with Gasteiger partial charge in [-0.2, -0.15) is 0 Å². The molecule has 0 aromatic rings. The third-order valence-corrected chi connectivity index (χ3v) is 8.71. The van der Waals surface area contributed by atoms with E-state index in [9.17, 15) is 29.1 Å². The molecule has 5 amide bonds. The zero-order chi connectivity index (χ0) is 29.2. The van der Waals surface area contributed by atoms with E-state index in [1.165, 1.54) is 9.80 Å². The fourth-order valence-corrected chi connectivity index (χ4v) is 6.07. The molecule has 214 valence electrons. The maximum absolute atomic E-state index is 13.7. The molecule has 0 unspecified atom stereocenters. The Morgan fingerprint density at radius 2 is 1.47 bits per heavy atom. The molecule has 10 heteroatoms. The minimum Gasteiger partial charge on any atom is -0.480 e. The maximum atomic E-state index is 13.7. The van der Waals surface area contributed by atoms with E-state index in [1.807, 2.05) is 69.2 Å². The van der Waals surface area contributed by atoms with E-state index in [2.05, 4.69) is 10.6 Å². The zero-order valence-corrected chi connectivity index (χ0v) is 24.6. The smallest absolute Gasteiger partial charge is 0.326 e. The van der Waals surface area contributed by atoms with Crippen LogP contribution in [0.2, 0.25) is 0 Å². The molecule has 0 aromatic heterocycles. The van der Waals surface area contributed by atoms with Crippen molar-refractivity contribution >= 4 is 29.7 Å². The highest BCUT2D eigenvalue weighted by molar-refractivity contribution is 5.98. The van der Waals surface area contributed by atoms with Crippen LogP contribution in [0.3, 0.4) is 0 Å². The van der Waals surface area contributed by atoms with Crippen LogP contribution in [0, 0.1) is 33.5 Å². The summed E-state index contributed by atoms with van der Waals surface area (Å²) in [5, 5.41) is 15.6. The highest BCUT2D eigenvalue weighted by Crippen LogP contribution is 2.65. The number of carbonyl (C=O) groups is 5. The molecule has 5 atom stereocenters. The van der Waals surface area contributed by atoms with Crippen molar-refractivity contribution in [3.63, 3.8) is 0 Å². The summed E-state index contributed by atoms with van der Waals surface area (Å²) in [7, 11) is 0. The first kappa shape index (κ1) is 29.9. The summed E-state index contributed by atoms with van der Waals surface area (Å²) >= 11 is 0. The van der Waals surface area contributed by atoms with Crippen LogP contribution in [0.4, 0.5) is 4.79 Å². The van der Waals surface area contributed by atoms with E-state index >= 15 is 0 Å². The molecule has 2 saturated heterocycles. The monoisotopic (exact) mass is 534 g/mol. The summed E-state index contributed by atoms with van der Waals surface area (Å²) in [6.45, 7) is 19.4. The molecule has 3 rings (SSSR count). The predicted octanol–water partition coefficient (Wildman–Crippen LogP) is 2.86. The summed E-state index contributed by atoms with van der Waals surface area (Å²) in [6, 6.07) is -3.06. The topological polar surface area (TPSA) is 136 Å². The number of carbonyl (C=O) groups excluding carboxylic acids is 4. The molecule has 0 radical (unpaired) electrons. The van der Waals surface area contributed by atoms with Crippen molar-refractivity contribution in [3.05, 3.63) is 0 Å². The van der Waals surface area contributed by atoms with Crippen molar-refractivity contribution in [3.8, 4) is 0 Å². The molecule has 0 aromatic carbocycles. The van der Waals surface area contributed by atoms with Gasteiger partial charge in [-0.05, 0) is 27.6 Å². The Kier molecular flexibility index (Phi) is 7.49. The second-order valence-electron chi connectivity index (χ2n) is 15.0. The number of aliphatic carboxylic acids is 1. The van der Waals surface area contributed by atoms with Gasteiger partial charge in [0.1, 0.15) is 12.1 Å². The average molecular weight is 535 g/mol. The summed E-state index contributed by atoms with van der Waals surface area (Å²) < 4.78 is 0. The lowest BCUT2D eigenvalue weighted by Gasteiger charge is -2.40. The van der Waals surface area contributed by atoms with E-state index in [0.717, 1.165) is 0 Å². The summed E-state index contributed by atoms with van der Waals surface area (Å²) in [5.41, 5.74) is -1.71. The molecule has 38 heavy (non-hydrogen) atoms. The number of nitrogens with zero attached hydrogens (tertiary/aromatic N) is 2. The van der Waals surface area contributed by atoms with E-state index in [-0.39, 0.29) is 48.5 Å². The number of urea groups is 1. The summed E-state index contributed by atoms with van der Waals surface area (Å²) in [5.74, 6) is -1.95. The van der Waals surface area contributed by atoms with E-state index < -0.39 is 52.3 Å². The molecular formula is C28H46N4O6. The van der Waals surface area contributed by atoms with Gasteiger partial charge in [-0.1, -0.05) is 69.2 Å². The number of amides is 5. The number of hydrogen-bond acceptors (Lipinski definition) is 5. The largest absolute Gasteiger partial charge is 0.480 e. The van der Waals surface area contributed by atoms with Crippen LogP contribution in [-0.4, -0.2) is 75.8 Å². The molecule has 0 bridgehead atoms. The molecule has 1 saturated carbocycles. The number of likely N-dealkylation sites (tertiary alicyclic amines) is 2. The Balaban J connectivity index is 1.75. The highest BCUT2D eigenvalue weighted by Gasteiger charge is 2.70. The van der Waals surface area contributed by atoms with Crippen LogP contribution < -0.4 is 10.6 Å². The fourth-order valence-electron chi connectivity index (χ4n) is 6.07. The number of hydrogen-bond donors (Lipinski definition) is 3. The second-order valence-corrected chi connectivity index (χ2v) is 15.0. The Labute approximate surface area is 226 Å².